The third kappa shape index (κ3) is 5.19. The first-order valence-electron chi connectivity index (χ1n) is 11.2. The molecule has 3 aromatic carbocycles. The summed E-state index contributed by atoms with van der Waals surface area (Å²) in [5.74, 6) is -2.34. The summed E-state index contributed by atoms with van der Waals surface area (Å²) in [6.07, 6.45) is 2.00. The standard InChI is InChI=1S/C28H24F2N2O3/c1-3-26(23-12-11-22(29)15-24(23)30)32(17-18-7-6-10-20(13-18)28(34)35-2)27(33)25-14-19-8-4-5-9-21(19)16-31-25/h4-16,26H,3,17H2,1-2H3. The SMILES string of the molecule is CCC(c1ccc(F)cc1F)N(Cc1cccc(C(=O)OC)c1)C(=O)c1cc2ccccc2cn1. The Labute approximate surface area is 202 Å². The van der Waals surface area contributed by atoms with Crippen molar-refractivity contribution < 1.29 is 23.1 Å². The van der Waals surface area contributed by atoms with Crippen LogP contribution in [0.25, 0.3) is 10.8 Å². The van der Waals surface area contributed by atoms with Crippen LogP contribution in [0.15, 0.2) is 79.0 Å². The van der Waals surface area contributed by atoms with Crippen LogP contribution in [0.2, 0.25) is 0 Å². The van der Waals surface area contributed by atoms with Gasteiger partial charge in [0.2, 0.25) is 0 Å². The van der Waals surface area contributed by atoms with Crippen molar-refractivity contribution in [1.29, 1.82) is 0 Å². The highest BCUT2D eigenvalue weighted by molar-refractivity contribution is 5.96. The topological polar surface area (TPSA) is 59.5 Å². The fraction of sp³-hybridized carbons (Fsp3) is 0.179. The van der Waals surface area contributed by atoms with E-state index in [-0.39, 0.29) is 17.8 Å². The van der Waals surface area contributed by atoms with E-state index in [9.17, 15) is 18.4 Å². The van der Waals surface area contributed by atoms with Gasteiger partial charge < -0.3 is 9.64 Å². The van der Waals surface area contributed by atoms with Crippen molar-refractivity contribution in [3.05, 3.63) is 113 Å². The number of amides is 1. The first-order valence-corrected chi connectivity index (χ1v) is 11.2. The number of hydrogen-bond acceptors (Lipinski definition) is 4. The Balaban J connectivity index is 1.78. The number of benzene rings is 3. The lowest BCUT2D eigenvalue weighted by Gasteiger charge is -2.32. The van der Waals surface area contributed by atoms with Gasteiger partial charge in [-0.25, -0.2) is 13.6 Å². The molecule has 178 valence electrons. The number of pyridine rings is 1. The van der Waals surface area contributed by atoms with Crippen LogP contribution in [-0.2, 0) is 11.3 Å². The van der Waals surface area contributed by atoms with Crippen LogP contribution in [0.3, 0.4) is 0 Å². The second-order valence-electron chi connectivity index (χ2n) is 8.13. The van der Waals surface area contributed by atoms with Crippen molar-refractivity contribution in [1.82, 2.24) is 9.88 Å². The quantitative estimate of drug-likeness (QED) is 0.304. The normalized spacial score (nSPS) is 11.8. The van der Waals surface area contributed by atoms with Gasteiger partial charge in [-0.15, -0.1) is 0 Å². The minimum atomic E-state index is -0.732. The lowest BCUT2D eigenvalue weighted by atomic mass is 9.99. The van der Waals surface area contributed by atoms with Crippen LogP contribution in [0, 0.1) is 11.6 Å². The maximum atomic E-state index is 14.8. The van der Waals surface area contributed by atoms with Gasteiger partial charge in [0.25, 0.3) is 5.91 Å². The maximum absolute atomic E-state index is 14.8. The molecular formula is C28H24F2N2O3. The predicted octanol–water partition coefficient (Wildman–Crippen LogP) is 6.09. The third-order valence-corrected chi connectivity index (χ3v) is 5.90. The van der Waals surface area contributed by atoms with Crippen molar-refractivity contribution in [2.45, 2.75) is 25.9 Å². The van der Waals surface area contributed by atoms with E-state index in [0.29, 0.717) is 17.5 Å². The van der Waals surface area contributed by atoms with E-state index < -0.39 is 29.6 Å². The monoisotopic (exact) mass is 474 g/mol. The first-order chi connectivity index (χ1) is 16.9. The molecule has 5 nitrogen and oxygen atoms in total. The highest BCUT2D eigenvalue weighted by Gasteiger charge is 2.28. The van der Waals surface area contributed by atoms with E-state index in [1.165, 1.54) is 24.1 Å². The molecule has 0 saturated carbocycles. The molecule has 4 aromatic rings. The van der Waals surface area contributed by atoms with Gasteiger partial charge in [-0.2, -0.15) is 0 Å². The predicted molar refractivity (Wildman–Crippen MR) is 129 cm³/mol. The molecule has 0 aliphatic rings. The van der Waals surface area contributed by atoms with Crippen molar-refractivity contribution in [3.8, 4) is 0 Å². The van der Waals surface area contributed by atoms with Gasteiger partial charge >= 0.3 is 5.97 Å². The van der Waals surface area contributed by atoms with Crippen molar-refractivity contribution in [2.75, 3.05) is 7.11 Å². The Bertz CT molecular complexity index is 1390. The van der Waals surface area contributed by atoms with Crippen molar-refractivity contribution in [3.63, 3.8) is 0 Å². The molecule has 0 spiro atoms. The molecule has 7 heteroatoms. The maximum Gasteiger partial charge on any atom is 0.337 e. The number of hydrogen-bond donors (Lipinski definition) is 0. The summed E-state index contributed by atoms with van der Waals surface area (Å²) in [4.78, 5) is 31.7. The van der Waals surface area contributed by atoms with Gasteiger partial charge in [0.15, 0.2) is 0 Å². The summed E-state index contributed by atoms with van der Waals surface area (Å²) in [6, 6.07) is 18.6. The van der Waals surface area contributed by atoms with Crippen LogP contribution in [0.5, 0.6) is 0 Å². The van der Waals surface area contributed by atoms with Gasteiger partial charge in [0, 0.05) is 29.8 Å². The highest BCUT2D eigenvalue weighted by atomic mass is 19.1. The van der Waals surface area contributed by atoms with Crippen LogP contribution in [0.4, 0.5) is 8.78 Å². The molecule has 0 aliphatic heterocycles. The summed E-state index contributed by atoms with van der Waals surface area (Å²) < 4.78 is 33.2. The largest absolute Gasteiger partial charge is 0.465 e. The van der Waals surface area contributed by atoms with E-state index in [0.717, 1.165) is 16.8 Å². The van der Waals surface area contributed by atoms with Crippen LogP contribution >= 0.6 is 0 Å². The minimum Gasteiger partial charge on any atom is -0.465 e. The molecule has 0 bridgehead atoms. The molecule has 35 heavy (non-hydrogen) atoms. The Hall–Kier alpha value is -4.13. The van der Waals surface area contributed by atoms with Gasteiger partial charge in [0.05, 0.1) is 18.7 Å². The van der Waals surface area contributed by atoms with Gasteiger partial charge in [0.1, 0.15) is 17.3 Å². The van der Waals surface area contributed by atoms with Crippen LogP contribution in [-0.4, -0.2) is 28.9 Å². The Morgan fingerprint density at radius 3 is 2.46 bits per heavy atom. The molecule has 1 atom stereocenters. The number of ether oxygens (including phenoxy) is 1. The second-order valence-corrected chi connectivity index (χ2v) is 8.13. The molecule has 1 heterocycles. The molecule has 0 saturated heterocycles. The lowest BCUT2D eigenvalue weighted by Crippen LogP contribution is -2.35. The number of halogens is 2. The lowest BCUT2D eigenvalue weighted by molar-refractivity contribution is 0.0600. The van der Waals surface area contributed by atoms with E-state index in [1.54, 1.807) is 36.5 Å². The van der Waals surface area contributed by atoms with Gasteiger partial charge in [-0.1, -0.05) is 49.4 Å². The fourth-order valence-electron chi connectivity index (χ4n) is 4.16. The number of carbonyl (C=O) groups excluding carboxylic acids is 2. The molecular weight excluding hydrogens is 450 g/mol. The number of rotatable bonds is 7. The summed E-state index contributed by atoms with van der Waals surface area (Å²) in [5.41, 5.74) is 1.39. The van der Waals surface area contributed by atoms with Crippen LogP contribution in [0.1, 0.15) is 51.4 Å². The van der Waals surface area contributed by atoms with Crippen LogP contribution < -0.4 is 0 Å². The van der Waals surface area contributed by atoms with Crippen molar-refractivity contribution >= 4 is 22.6 Å². The number of nitrogens with zero attached hydrogens (tertiary/aromatic N) is 2. The molecule has 0 aliphatic carbocycles. The summed E-state index contributed by atoms with van der Waals surface area (Å²) in [5, 5.41) is 1.73. The Morgan fingerprint density at radius 2 is 1.74 bits per heavy atom. The summed E-state index contributed by atoms with van der Waals surface area (Å²) >= 11 is 0. The van der Waals surface area contributed by atoms with E-state index in [1.807, 2.05) is 31.2 Å². The first kappa shape index (κ1) is 24.0. The average molecular weight is 475 g/mol. The molecule has 1 aromatic heterocycles. The third-order valence-electron chi connectivity index (χ3n) is 5.90. The molecule has 4 rings (SSSR count). The average Bonchev–Trinajstić information content (AvgIpc) is 2.88. The number of carbonyl (C=O) groups is 2. The van der Waals surface area contributed by atoms with Gasteiger partial charge in [-0.3, -0.25) is 9.78 Å². The zero-order valence-corrected chi connectivity index (χ0v) is 19.4. The van der Waals surface area contributed by atoms with E-state index >= 15 is 0 Å². The number of methoxy groups -OCH3 is 1. The zero-order valence-electron chi connectivity index (χ0n) is 19.4. The fourth-order valence-corrected chi connectivity index (χ4v) is 4.16. The highest BCUT2D eigenvalue weighted by Crippen LogP contribution is 2.30. The van der Waals surface area contributed by atoms with Gasteiger partial charge in [-0.05, 0) is 41.6 Å². The Morgan fingerprint density at radius 1 is 0.971 bits per heavy atom. The number of fused-ring (bicyclic) bond motifs is 1. The second kappa shape index (κ2) is 10.4. The zero-order chi connectivity index (χ0) is 24.9. The van der Waals surface area contributed by atoms with E-state index in [4.69, 9.17) is 4.74 Å². The molecule has 0 fully saturated rings. The molecule has 1 unspecified atom stereocenters. The molecule has 0 N–H and O–H groups in total. The summed E-state index contributed by atoms with van der Waals surface area (Å²) in [6.45, 7) is 1.90. The number of esters is 1. The minimum absolute atomic E-state index is 0.0769. The number of aromatic nitrogens is 1. The smallest absolute Gasteiger partial charge is 0.337 e. The molecule has 0 radical (unpaired) electrons. The van der Waals surface area contributed by atoms with E-state index in [2.05, 4.69) is 4.98 Å². The Kier molecular flexibility index (Phi) is 7.15. The van der Waals surface area contributed by atoms with Crippen molar-refractivity contribution in [2.24, 2.45) is 0 Å². The summed E-state index contributed by atoms with van der Waals surface area (Å²) in [7, 11) is 1.29. The molecule has 1 amide bonds.